The summed E-state index contributed by atoms with van der Waals surface area (Å²) in [7, 11) is 0. The molecule has 3 rings (SSSR count). The molecule has 0 amide bonds. The molecular weight excluding hydrogens is 268 g/mol. The van der Waals surface area contributed by atoms with E-state index in [-0.39, 0.29) is 5.92 Å². The third-order valence-electron chi connectivity index (χ3n) is 3.46. The van der Waals surface area contributed by atoms with Gasteiger partial charge in [0.1, 0.15) is 11.5 Å². The molecule has 0 bridgehead atoms. The molecular formula is C17H15ClN2. The Morgan fingerprint density at radius 1 is 0.950 bits per heavy atom. The average Bonchev–Trinajstić information content (AvgIpc) is 2.46. The molecule has 0 unspecified atom stereocenters. The lowest BCUT2D eigenvalue weighted by atomic mass is 9.95. The third kappa shape index (κ3) is 2.16. The second-order valence-corrected chi connectivity index (χ2v) is 5.47. The molecule has 100 valence electrons. The molecule has 0 saturated carbocycles. The highest BCUT2D eigenvalue weighted by molar-refractivity contribution is 6.30. The number of benzene rings is 2. The zero-order valence-corrected chi connectivity index (χ0v) is 12.2. The molecule has 1 aromatic heterocycles. The Morgan fingerprint density at radius 2 is 1.70 bits per heavy atom. The van der Waals surface area contributed by atoms with Crippen LogP contribution in [0, 0.1) is 0 Å². The highest BCUT2D eigenvalue weighted by Crippen LogP contribution is 2.35. The smallest absolute Gasteiger partial charge is 0.136 e. The molecule has 0 aliphatic rings. The zero-order chi connectivity index (χ0) is 14.1. The minimum Gasteiger partial charge on any atom is -0.236 e. The average molecular weight is 283 g/mol. The molecule has 0 saturated heterocycles. The summed E-state index contributed by atoms with van der Waals surface area (Å²) in [6, 6.07) is 14.6. The summed E-state index contributed by atoms with van der Waals surface area (Å²) in [4.78, 5) is 8.61. The van der Waals surface area contributed by atoms with Gasteiger partial charge in [-0.1, -0.05) is 67.9 Å². The van der Waals surface area contributed by atoms with Crippen LogP contribution in [0.15, 0.2) is 48.8 Å². The van der Waals surface area contributed by atoms with Crippen LogP contribution in [0.4, 0.5) is 0 Å². The van der Waals surface area contributed by atoms with Crippen molar-refractivity contribution in [3.63, 3.8) is 0 Å². The van der Waals surface area contributed by atoms with E-state index in [1.807, 2.05) is 12.1 Å². The maximum Gasteiger partial charge on any atom is 0.136 e. The van der Waals surface area contributed by atoms with Crippen LogP contribution in [0.25, 0.3) is 22.0 Å². The van der Waals surface area contributed by atoms with Crippen LogP contribution >= 0.6 is 11.6 Å². The molecule has 0 N–H and O–H groups in total. The van der Waals surface area contributed by atoms with Crippen molar-refractivity contribution in [1.82, 2.24) is 9.97 Å². The van der Waals surface area contributed by atoms with E-state index in [1.54, 1.807) is 0 Å². The molecule has 0 fully saturated rings. The topological polar surface area (TPSA) is 25.8 Å². The first-order chi connectivity index (χ1) is 9.68. The maximum atomic E-state index is 6.27. The Hall–Kier alpha value is -1.93. The second-order valence-electron chi connectivity index (χ2n) is 5.11. The van der Waals surface area contributed by atoms with E-state index in [4.69, 9.17) is 11.6 Å². The molecule has 1 heterocycles. The highest BCUT2D eigenvalue weighted by atomic mass is 35.5. The maximum absolute atomic E-state index is 6.27. The summed E-state index contributed by atoms with van der Waals surface area (Å²) in [5, 5.41) is 2.93. The first kappa shape index (κ1) is 13.1. The quantitative estimate of drug-likeness (QED) is 0.613. The van der Waals surface area contributed by atoms with Crippen molar-refractivity contribution in [2.24, 2.45) is 0 Å². The van der Waals surface area contributed by atoms with Gasteiger partial charge in [0.05, 0.1) is 5.69 Å². The zero-order valence-electron chi connectivity index (χ0n) is 11.5. The number of halogens is 1. The number of aromatic nitrogens is 2. The summed E-state index contributed by atoms with van der Waals surface area (Å²) in [5.74, 6) is 0.276. The van der Waals surface area contributed by atoms with Gasteiger partial charge >= 0.3 is 0 Å². The third-order valence-corrected chi connectivity index (χ3v) is 3.76. The van der Waals surface area contributed by atoms with Crippen molar-refractivity contribution in [1.29, 1.82) is 0 Å². The van der Waals surface area contributed by atoms with Gasteiger partial charge in [-0.05, 0) is 16.7 Å². The van der Waals surface area contributed by atoms with E-state index < -0.39 is 0 Å². The monoisotopic (exact) mass is 282 g/mol. The predicted octanol–water partition coefficient (Wildman–Crippen LogP) is 5.07. The first-order valence-electron chi connectivity index (χ1n) is 6.67. The fourth-order valence-electron chi connectivity index (χ4n) is 2.53. The van der Waals surface area contributed by atoms with Gasteiger partial charge in [0.15, 0.2) is 0 Å². The van der Waals surface area contributed by atoms with E-state index in [1.165, 1.54) is 17.1 Å². The summed E-state index contributed by atoms with van der Waals surface area (Å²) >= 11 is 6.27. The second kappa shape index (κ2) is 5.22. The minimum absolute atomic E-state index is 0.276. The lowest BCUT2D eigenvalue weighted by Gasteiger charge is -2.14. The first-order valence-corrected chi connectivity index (χ1v) is 7.05. The Labute approximate surface area is 123 Å². The van der Waals surface area contributed by atoms with Gasteiger partial charge in [0.25, 0.3) is 0 Å². The van der Waals surface area contributed by atoms with Crippen molar-refractivity contribution in [3.05, 3.63) is 59.5 Å². The van der Waals surface area contributed by atoms with Crippen LogP contribution in [0.2, 0.25) is 5.15 Å². The van der Waals surface area contributed by atoms with E-state index in [0.717, 1.165) is 16.8 Å². The SMILES string of the molecule is CC(C)c1c(Cl)ncnc1-c1cccc2ccccc12. The van der Waals surface area contributed by atoms with Gasteiger partial charge in [-0.15, -0.1) is 0 Å². The molecule has 3 heteroatoms. The van der Waals surface area contributed by atoms with Crippen LogP contribution in [-0.2, 0) is 0 Å². The number of hydrogen-bond acceptors (Lipinski definition) is 2. The van der Waals surface area contributed by atoms with Crippen LogP contribution in [-0.4, -0.2) is 9.97 Å². The number of rotatable bonds is 2. The highest BCUT2D eigenvalue weighted by Gasteiger charge is 2.16. The number of nitrogens with zero attached hydrogens (tertiary/aromatic N) is 2. The minimum atomic E-state index is 0.276. The molecule has 0 atom stereocenters. The fraction of sp³-hybridized carbons (Fsp3) is 0.176. The molecule has 0 aliphatic heterocycles. The Morgan fingerprint density at radius 3 is 2.50 bits per heavy atom. The van der Waals surface area contributed by atoms with Crippen LogP contribution < -0.4 is 0 Å². The number of hydrogen-bond donors (Lipinski definition) is 0. The molecule has 20 heavy (non-hydrogen) atoms. The molecule has 0 spiro atoms. The van der Waals surface area contributed by atoms with Gasteiger partial charge in [0, 0.05) is 11.1 Å². The standard InChI is InChI=1S/C17H15ClN2/c1-11(2)15-16(19-10-20-17(15)18)14-9-5-7-12-6-3-4-8-13(12)14/h3-11H,1-2H3. The largest absolute Gasteiger partial charge is 0.236 e. The normalized spacial score (nSPS) is 11.2. The molecule has 0 radical (unpaired) electrons. The lowest BCUT2D eigenvalue weighted by molar-refractivity contribution is 0.850. The van der Waals surface area contributed by atoms with Gasteiger partial charge in [-0.25, -0.2) is 9.97 Å². The summed E-state index contributed by atoms with van der Waals surface area (Å²) in [5.41, 5.74) is 3.04. The van der Waals surface area contributed by atoms with E-state index in [9.17, 15) is 0 Å². The van der Waals surface area contributed by atoms with Crippen molar-refractivity contribution < 1.29 is 0 Å². The van der Waals surface area contributed by atoms with Gasteiger partial charge < -0.3 is 0 Å². The number of fused-ring (bicyclic) bond motifs is 1. The molecule has 0 aliphatic carbocycles. The molecule has 3 aromatic rings. The van der Waals surface area contributed by atoms with Crippen LogP contribution in [0.5, 0.6) is 0 Å². The van der Waals surface area contributed by atoms with Crippen molar-refractivity contribution in [3.8, 4) is 11.3 Å². The lowest BCUT2D eigenvalue weighted by Crippen LogP contribution is -1.99. The fourth-order valence-corrected chi connectivity index (χ4v) is 2.88. The van der Waals surface area contributed by atoms with Crippen molar-refractivity contribution in [2.75, 3.05) is 0 Å². The Kier molecular flexibility index (Phi) is 3.41. The molecule has 2 nitrogen and oxygen atoms in total. The summed E-state index contributed by atoms with van der Waals surface area (Å²) < 4.78 is 0. The van der Waals surface area contributed by atoms with Crippen LogP contribution in [0.1, 0.15) is 25.3 Å². The van der Waals surface area contributed by atoms with Gasteiger partial charge in [-0.2, -0.15) is 0 Å². The van der Waals surface area contributed by atoms with Crippen molar-refractivity contribution in [2.45, 2.75) is 19.8 Å². The van der Waals surface area contributed by atoms with Gasteiger partial charge in [0.2, 0.25) is 0 Å². The summed E-state index contributed by atoms with van der Waals surface area (Å²) in [6.45, 7) is 4.22. The predicted molar refractivity (Wildman–Crippen MR) is 84.1 cm³/mol. The molecule has 2 aromatic carbocycles. The van der Waals surface area contributed by atoms with E-state index >= 15 is 0 Å². The Bertz CT molecular complexity index is 761. The Balaban J connectivity index is 2.35. The summed E-state index contributed by atoms with van der Waals surface area (Å²) in [6.07, 6.45) is 1.53. The van der Waals surface area contributed by atoms with Crippen molar-refractivity contribution >= 4 is 22.4 Å². The van der Waals surface area contributed by atoms with E-state index in [2.05, 4.69) is 54.1 Å². The van der Waals surface area contributed by atoms with Gasteiger partial charge in [-0.3, -0.25) is 0 Å². The van der Waals surface area contributed by atoms with Crippen LogP contribution in [0.3, 0.4) is 0 Å². The van der Waals surface area contributed by atoms with E-state index in [0.29, 0.717) is 5.15 Å².